The van der Waals surface area contributed by atoms with Crippen LogP contribution in [-0.2, 0) is 14.4 Å². The number of anilines is 2. The molecule has 1 saturated heterocycles. The van der Waals surface area contributed by atoms with Gasteiger partial charge in [-0.15, -0.1) is 10.2 Å². The summed E-state index contributed by atoms with van der Waals surface area (Å²) in [6, 6.07) is 12.4. The maximum atomic E-state index is 13.3. The summed E-state index contributed by atoms with van der Waals surface area (Å²) < 4.78 is 6.05. The van der Waals surface area contributed by atoms with Gasteiger partial charge >= 0.3 is 0 Å². The van der Waals surface area contributed by atoms with Crippen molar-refractivity contribution in [1.82, 2.24) is 30.6 Å². The van der Waals surface area contributed by atoms with Crippen molar-refractivity contribution in [3.05, 3.63) is 59.7 Å². The summed E-state index contributed by atoms with van der Waals surface area (Å²) >= 11 is 0. The minimum atomic E-state index is -1.02. The maximum Gasteiger partial charge on any atom is 0.264 e. The first kappa shape index (κ1) is 33.0. The molecular formula is C35H38N8O7. The van der Waals surface area contributed by atoms with Gasteiger partial charge in [-0.05, 0) is 57.0 Å². The number of amides is 5. The Morgan fingerprint density at radius 3 is 2.54 bits per heavy atom. The monoisotopic (exact) mass is 682 g/mol. The molecule has 2 bridgehead atoms. The van der Waals surface area contributed by atoms with Crippen LogP contribution >= 0.6 is 0 Å². The fraction of sp³-hybridized carbons (Fsp3) is 0.400. The number of phenolic OH excluding ortho intramolecular Hbond substituents is 1. The topological polar surface area (TPSA) is 209 Å². The van der Waals surface area contributed by atoms with E-state index in [1.54, 1.807) is 48.5 Å². The lowest BCUT2D eigenvalue weighted by Gasteiger charge is -2.68. The van der Waals surface area contributed by atoms with Gasteiger partial charge in [0.15, 0.2) is 11.6 Å². The summed E-state index contributed by atoms with van der Waals surface area (Å²) in [7, 11) is 1.93. The van der Waals surface area contributed by atoms with E-state index in [2.05, 4.69) is 26.1 Å². The van der Waals surface area contributed by atoms with Gasteiger partial charge < -0.3 is 31.1 Å². The lowest BCUT2D eigenvalue weighted by atomic mass is 9.35. The molecular weight excluding hydrogens is 644 g/mol. The molecule has 15 nitrogen and oxygen atoms in total. The first-order chi connectivity index (χ1) is 24.0. The van der Waals surface area contributed by atoms with E-state index in [-0.39, 0.29) is 52.3 Å². The molecule has 5 amide bonds. The van der Waals surface area contributed by atoms with Gasteiger partial charge in [0.1, 0.15) is 17.5 Å². The van der Waals surface area contributed by atoms with Gasteiger partial charge in [-0.2, -0.15) is 0 Å². The van der Waals surface area contributed by atoms with Gasteiger partial charge in [-0.1, -0.05) is 18.2 Å². The van der Waals surface area contributed by atoms with Crippen molar-refractivity contribution >= 4 is 41.0 Å². The number of likely N-dealkylation sites (N-methyl/N-ethyl adjacent to an activating group) is 1. The number of nitrogens with zero attached hydrogens (tertiary/aromatic N) is 4. The number of carbonyl (C=O) groups is 5. The van der Waals surface area contributed by atoms with E-state index in [0.717, 1.165) is 24.2 Å². The van der Waals surface area contributed by atoms with Crippen LogP contribution in [0.15, 0.2) is 48.5 Å². The summed E-state index contributed by atoms with van der Waals surface area (Å²) in [5.41, 5.74) is 7.49. The fourth-order valence-electron chi connectivity index (χ4n) is 7.65. The van der Waals surface area contributed by atoms with Crippen LogP contribution in [0, 0.1) is 10.8 Å². The Bertz CT molecular complexity index is 1900. The SMILES string of the molecule is CN(CCNC(=O)C12CC(COc3cc(-c4ccccc4O)nnc3N)(C1)C2)CCNc1cccc2c1C(=O)N(C1CCC(=O)NC1=O)C2=O. The van der Waals surface area contributed by atoms with E-state index in [0.29, 0.717) is 55.5 Å². The molecule has 1 aromatic heterocycles. The maximum absolute atomic E-state index is 13.3. The number of piperidine rings is 1. The summed E-state index contributed by atoms with van der Waals surface area (Å²) in [5, 5.41) is 26.8. The number of fused-ring (bicyclic) bond motifs is 1. The van der Waals surface area contributed by atoms with E-state index in [1.165, 1.54) is 0 Å². The third-order valence-electron chi connectivity index (χ3n) is 10.2. The Balaban J connectivity index is 0.839. The summed E-state index contributed by atoms with van der Waals surface area (Å²) in [6.07, 6.45) is 2.36. The van der Waals surface area contributed by atoms with Gasteiger partial charge in [0, 0.05) is 55.3 Å². The molecule has 260 valence electrons. The minimum Gasteiger partial charge on any atom is -0.507 e. The molecule has 3 aliphatic carbocycles. The third kappa shape index (κ3) is 5.87. The number of nitrogens with two attached hydrogens (primary N) is 1. The highest BCUT2D eigenvalue weighted by Crippen LogP contribution is 2.73. The second-order valence-electron chi connectivity index (χ2n) is 13.8. The number of para-hydroxylation sites is 1. The first-order valence-electron chi connectivity index (χ1n) is 16.6. The zero-order chi connectivity index (χ0) is 35.2. The Morgan fingerprint density at radius 1 is 1.04 bits per heavy atom. The largest absolute Gasteiger partial charge is 0.507 e. The van der Waals surface area contributed by atoms with Crippen molar-refractivity contribution in [3.63, 3.8) is 0 Å². The van der Waals surface area contributed by atoms with Crippen molar-refractivity contribution in [1.29, 1.82) is 0 Å². The number of hydrogen-bond acceptors (Lipinski definition) is 12. The van der Waals surface area contributed by atoms with Gasteiger partial charge in [0.05, 0.1) is 23.1 Å². The molecule has 3 saturated carbocycles. The van der Waals surface area contributed by atoms with E-state index in [9.17, 15) is 29.1 Å². The van der Waals surface area contributed by atoms with Gasteiger partial charge in [0.25, 0.3) is 11.8 Å². The number of hydrogen-bond donors (Lipinski definition) is 5. The molecule has 3 aromatic rings. The third-order valence-corrected chi connectivity index (χ3v) is 10.2. The number of ether oxygens (including phenoxy) is 1. The van der Waals surface area contributed by atoms with Crippen LogP contribution in [0.25, 0.3) is 11.3 Å². The summed E-state index contributed by atoms with van der Waals surface area (Å²) in [6.45, 7) is 2.57. The van der Waals surface area contributed by atoms with E-state index >= 15 is 0 Å². The number of aromatic hydroxyl groups is 1. The van der Waals surface area contributed by atoms with Crippen LogP contribution in [0.3, 0.4) is 0 Å². The number of aromatic nitrogens is 2. The second kappa shape index (κ2) is 12.7. The Kier molecular flexibility index (Phi) is 8.38. The lowest BCUT2D eigenvalue weighted by molar-refractivity contribution is -0.217. The smallest absolute Gasteiger partial charge is 0.264 e. The number of nitrogen functional groups attached to an aromatic ring is 1. The molecule has 3 heterocycles. The second-order valence-corrected chi connectivity index (χ2v) is 13.8. The van der Waals surface area contributed by atoms with E-state index in [1.807, 2.05) is 11.9 Å². The quantitative estimate of drug-likeness (QED) is 0.163. The molecule has 50 heavy (non-hydrogen) atoms. The van der Waals surface area contributed by atoms with Crippen LogP contribution in [0.4, 0.5) is 11.5 Å². The molecule has 1 unspecified atom stereocenters. The predicted molar refractivity (Wildman–Crippen MR) is 180 cm³/mol. The van der Waals surface area contributed by atoms with Crippen molar-refractivity contribution in [2.24, 2.45) is 10.8 Å². The van der Waals surface area contributed by atoms with E-state index in [4.69, 9.17) is 10.5 Å². The lowest BCUT2D eigenvalue weighted by Crippen LogP contribution is -2.69. The molecule has 5 aliphatic rings. The van der Waals surface area contributed by atoms with Gasteiger partial charge in [0.2, 0.25) is 17.7 Å². The number of benzene rings is 2. The van der Waals surface area contributed by atoms with Crippen molar-refractivity contribution in [2.75, 3.05) is 50.9 Å². The molecule has 2 aromatic carbocycles. The van der Waals surface area contributed by atoms with Crippen molar-refractivity contribution in [3.8, 4) is 22.8 Å². The highest BCUT2D eigenvalue weighted by atomic mass is 16.5. The Hall–Kier alpha value is -5.57. The molecule has 0 radical (unpaired) electrons. The standard InChI is InChI=1S/C35H38N8O7/c1-42(13-11-37-22-7-4-6-21-28(22)32(48)43(31(21)47)24-9-10-27(45)39-30(24)46)14-12-38-33(49)35-16-34(17-35,18-35)19-50-26-15-23(40-41-29(26)36)20-5-2-3-8-25(20)44/h2-8,15,24,37,44H,9-14,16-19H2,1H3,(H2,36,41)(H,38,49)(H,39,45,46). The highest BCUT2D eigenvalue weighted by molar-refractivity contribution is 6.25. The van der Waals surface area contributed by atoms with Crippen LogP contribution < -0.4 is 26.4 Å². The molecule has 8 rings (SSSR count). The summed E-state index contributed by atoms with van der Waals surface area (Å²) in [5.74, 6) is -1.49. The Morgan fingerprint density at radius 2 is 1.78 bits per heavy atom. The highest BCUT2D eigenvalue weighted by Gasteiger charge is 2.71. The fourth-order valence-corrected chi connectivity index (χ4v) is 7.65. The van der Waals surface area contributed by atoms with Crippen LogP contribution in [0.1, 0.15) is 52.8 Å². The number of rotatable bonds is 13. The predicted octanol–water partition coefficient (Wildman–Crippen LogP) is 1.54. The first-order valence-corrected chi connectivity index (χ1v) is 16.6. The van der Waals surface area contributed by atoms with Crippen molar-refractivity contribution < 1.29 is 33.8 Å². The van der Waals surface area contributed by atoms with E-state index < -0.39 is 29.7 Å². The van der Waals surface area contributed by atoms with Crippen molar-refractivity contribution in [2.45, 2.75) is 38.1 Å². The average Bonchev–Trinajstić information content (AvgIpc) is 3.30. The number of carbonyl (C=O) groups excluding carboxylic acids is 5. The molecule has 4 fully saturated rings. The number of imide groups is 2. The zero-order valence-corrected chi connectivity index (χ0v) is 27.5. The van der Waals surface area contributed by atoms with Gasteiger partial charge in [-0.25, -0.2) is 0 Å². The minimum absolute atomic E-state index is 0.0430. The molecule has 2 aliphatic heterocycles. The molecule has 1 atom stereocenters. The number of nitrogens with one attached hydrogen (secondary N) is 3. The van der Waals surface area contributed by atoms with Crippen LogP contribution in [0.2, 0.25) is 0 Å². The summed E-state index contributed by atoms with van der Waals surface area (Å²) in [4.78, 5) is 66.4. The normalized spacial score (nSPS) is 23.6. The Labute approximate surface area is 287 Å². The number of phenols is 1. The van der Waals surface area contributed by atoms with Crippen LogP contribution in [0.5, 0.6) is 11.5 Å². The average molecular weight is 683 g/mol. The van der Waals surface area contributed by atoms with Crippen LogP contribution in [-0.4, -0.2) is 101 Å². The molecule has 0 spiro atoms. The zero-order valence-electron chi connectivity index (χ0n) is 27.5. The molecule has 15 heteroatoms. The van der Waals surface area contributed by atoms with Gasteiger partial charge in [-0.3, -0.25) is 34.2 Å². The molecule has 6 N–H and O–H groups in total.